The Hall–Kier alpha value is -1.88. The first-order valence-electron chi connectivity index (χ1n) is 6.09. The average molecular weight is 245 g/mol. The number of hydrogen-bond donors (Lipinski definition) is 1. The Morgan fingerprint density at radius 1 is 1.44 bits per heavy atom. The van der Waals surface area contributed by atoms with E-state index < -0.39 is 0 Å². The number of aryl methyl sites for hydroxylation is 1. The molecule has 1 aliphatic rings. The second-order valence-corrected chi connectivity index (χ2v) is 4.50. The van der Waals surface area contributed by atoms with Crippen LogP contribution in [0.25, 0.3) is 0 Å². The number of hydrogen-bond acceptors (Lipinski definition) is 5. The maximum atomic E-state index is 6.07. The Morgan fingerprint density at radius 2 is 2.39 bits per heavy atom. The quantitative estimate of drug-likeness (QED) is 0.895. The van der Waals surface area contributed by atoms with Gasteiger partial charge in [0.2, 0.25) is 12.2 Å². The molecule has 2 N–H and O–H groups in total. The van der Waals surface area contributed by atoms with E-state index in [9.17, 15) is 0 Å². The highest BCUT2D eigenvalue weighted by atomic mass is 16.5. The number of benzene rings is 1. The van der Waals surface area contributed by atoms with Gasteiger partial charge in [-0.1, -0.05) is 11.2 Å². The van der Waals surface area contributed by atoms with Crippen LogP contribution in [-0.2, 0) is 13.0 Å². The van der Waals surface area contributed by atoms with Crippen LogP contribution in [-0.4, -0.2) is 10.1 Å². The SMILES string of the molecule is NC1CCCc2cc(OCc3ncon3)ccc21. The molecular formula is C13H15N3O2. The Morgan fingerprint density at radius 3 is 3.22 bits per heavy atom. The van der Waals surface area contributed by atoms with Gasteiger partial charge in [-0.25, -0.2) is 0 Å². The van der Waals surface area contributed by atoms with Crippen molar-refractivity contribution in [3.63, 3.8) is 0 Å². The molecule has 1 aromatic carbocycles. The topological polar surface area (TPSA) is 74.2 Å². The summed E-state index contributed by atoms with van der Waals surface area (Å²) in [6, 6.07) is 6.24. The predicted octanol–water partition coefficient (Wildman–Crippen LogP) is 1.98. The van der Waals surface area contributed by atoms with E-state index in [1.807, 2.05) is 6.07 Å². The van der Waals surface area contributed by atoms with Crippen LogP contribution in [0, 0.1) is 0 Å². The lowest BCUT2D eigenvalue weighted by Crippen LogP contribution is -2.17. The summed E-state index contributed by atoms with van der Waals surface area (Å²) in [6.07, 6.45) is 4.57. The van der Waals surface area contributed by atoms with Crippen LogP contribution < -0.4 is 10.5 Å². The molecule has 5 heteroatoms. The Bertz CT molecular complexity index is 525. The summed E-state index contributed by atoms with van der Waals surface area (Å²) in [6.45, 7) is 0.321. The van der Waals surface area contributed by atoms with Crippen molar-refractivity contribution in [2.24, 2.45) is 5.73 Å². The third-order valence-corrected chi connectivity index (χ3v) is 3.25. The normalized spacial score (nSPS) is 18.4. The molecule has 1 aliphatic carbocycles. The van der Waals surface area contributed by atoms with Gasteiger partial charge in [-0.15, -0.1) is 0 Å². The van der Waals surface area contributed by atoms with E-state index in [0.29, 0.717) is 12.4 Å². The van der Waals surface area contributed by atoms with Crippen molar-refractivity contribution >= 4 is 0 Å². The molecule has 1 atom stereocenters. The number of rotatable bonds is 3. The molecule has 0 aliphatic heterocycles. The minimum atomic E-state index is 0.167. The molecular weight excluding hydrogens is 230 g/mol. The van der Waals surface area contributed by atoms with Gasteiger partial charge in [-0.2, -0.15) is 4.98 Å². The van der Waals surface area contributed by atoms with E-state index in [2.05, 4.69) is 26.8 Å². The third-order valence-electron chi connectivity index (χ3n) is 3.25. The van der Waals surface area contributed by atoms with E-state index in [1.54, 1.807) is 0 Å². The molecule has 3 rings (SSSR count). The summed E-state index contributed by atoms with van der Waals surface area (Å²) < 4.78 is 10.3. The highest BCUT2D eigenvalue weighted by Gasteiger charge is 2.17. The molecule has 0 amide bonds. The standard InChI is InChI=1S/C13H15N3O2/c14-12-3-1-2-9-6-10(4-5-11(9)12)17-7-13-15-8-18-16-13/h4-6,8,12H,1-3,7,14H2. The Kier molecular flexibility index (Phi) is 2.98. The second kappa shape index (κ2) is 4.78. The zero-order valence-corrected chi connectivity index (χ0v) is 10.0. The fourth-order valence-corrected chi connectivity index (χ4v) is 2.32. The van der Waals surface area contributed by atoms with Crippen molar-refractivity contribution in [2.75, 3.05) is 0 Å². The third kappa shape index (κ3) is 2.22. The van der Waals surface area contributed by atoms with Crippen molar-refractivity contribution in [1.82, 2.24) is 10.1 Å². The van der Waals surface area contributed by atoms with Crippen molar-refractivity contribution in [3.05, 3.63) is 41.5 Å². The lowest BCUT2D eigenvalue weighted by molar-refractivity contribution is 0.286. The van der Waals surface area contributed by atoms with Gasteiger partial charge in [0.1, 0.15) is 5.75 Å². The van der Waals surface area contributed by atoms with Crippen molar-refractivity contribution in [3.8, 4) is 5.75 Å². The minimum Gasteiger partial charge on any atom is -0.485 e. The molecule has 0 radical (unpaired) electrons. The summed E-state index contributed by atoms with van der Waals surface area (Å²) >= 11 is 0. The molecule has 94 valence electrons. The fraction of sp³-hybridized carbons (Fsp3) is 0.385. The van der Waals surface area contributed by atoms with Crippen LogP contribution in [0.3, 0.4) is 0 Å². The van der Waals surface area contributed by atoms with Gasteiger partial charge in [0, 0.05) is 6.04 Å². The Balaban J connectivity index is 1.74. The lowest BCUT2D eigenvalue weighted by atomic mass is 9.88. The average Bonchev–Trinajstić information content (AvgIpc) is 2.90. The highest BCUT2D eigenvalue weighted by molar-refractivity contribution is 5.38. The summed E-state index contributed by atoms with van der Waals surface area (Å²) in [4.78, 5) is 3.91. The van der Waals surface area contributed by atoms with Crippen molar-refractivity contribution < 1.29 is 9.26 Å². The summed E-state index contributed by atoms with van der Waals surface area (Å²) in [5.74, 6) is 1.37. The molecule has 18 heavy (non-hydrogen) atoms. The Labute approximate surface area is 105 Å². The lowest BCUT2D eigenvalue weighted by Gasteiger charge is -2.22. The number of nitrogens with zero attached hydrogens (tertiary/aromatic N) is 2. The van der Waals surface area contributed by atoms with Crippen molar-refractivity contribution in [2.45, 2.75) is 31.9 Å². The van der Waals surface area contributed by atoms with E-state index >= 15 is 0 Å². The van der Waals surface area contributed by atoms with Gasteiger partial charge in [0.15, 0.2) is 6.61 Å². The van der Waals surface area contributed by atoms with Gasteiger partial charge in [0.05, 0.1) is 0 Å². The number of fused-ring (bicyclic) bond motifs is 1. The summed E-state index contributed by atoms with van der Waals surface area (Å²) in [7, 11) is 0. The van der Waals surface area contributed by atoms with E-state index in [4.69, 9.17) is 10.5 Å². The maximum absolute atomic E-state index is 6.07. The van der Waals surface area contributed by atoms with Crippen LogP contribution in [0.4, 0.5) is 0 Å². The van der Waals surface area contributed by atoms with Gasteiger partial charge >= 0.3 is 0 Å². The zero-order chi connectivity index (χ0) is 12.4. The van der Waals surface area contributed by atoms with Crippen LogP contribution in [0.15, 0.2) is 29.1 Å². The first kappa shape index (κ1) is 11.2. The highest BCUT2D eigenvalue weighted by Crippen LogP contribution is 2.30. The molecule has 0 saturated carbocycles. The predicted molar refractivity (Wildman–Crippen MR) is 64.9 cm³/mol. The molecule has 0 fully saturated rings. The first-order chi connectivity index (χ1) is 8.83. The molecule has 0 saturated heterocycles. The van der Waals surface area contributed by atoms with Gasteiger partial charge in [0.25, 0.3) is 0 Å². The number of ether oxygens (including phenoxy) is 1. The molecule has 1 heterocycles. The first-order valence-corrected chi connectivity index (χ1v) is 6.09. The van der Waals surface area contributed by atoms with E-state index in [-0.39, 0.29) is 6.04 Å². The minimum absolute atomic E-state index is 0.167. The molecule has 0 spiro atoms. The smallest absolute Gasteiger partial charge is 0.213 e. The van der Waals surface area contributed by atoms with Gasteiger partial charge < -0.3 is 15.0 Å². The van der Waals surface area contributed by atoms with E-state index in [0.717, 1.165) is 25.0 Å². The molecule has 1 unspecified atom stereocenters. The molecule has 2 aromatic rings. The summed E-state index contributed by atoms with van der Waals surface area (Å²) in [5.41, 5.74) is 8.61. The fourth-order valence-electron chi connectivity index (χ4n) is 2.32. The number of aromatic nitrogens is 2. The van der Waals surface area contributed by atoms with Crippen LogP contribution in [0.2, 0.25) is 0 Å². The molecule has 1 aromatic heterocycles. The van der Waals surface area contributed by atoms with Crippen LogP contribution in [0.1, 0.15) is 35.8 Å². The van der Waals surface area contributed by atoms with Crippen LogP contribution >= 0.6 is 0 Å². The zero-order valence-electron chi connectivity index (χ0n) is 10.0. The second-order valence-electron chi connectivity index (χ2n) is 4.50. The van der Waals surface area contributed by atoms with Crippen LogP contribution in [0.5, 0.6) is 5.75 Å². The van der Waals surface area contributed by atoms with E-state index in [1.165, 1.54) is 17.5 Å². The van der Waals surface area contributed by atoms with Crippen molar-refractivity contribution in [1.29, 1.82) is 0 Å². The largest absolute Gasteiger partial charge is 0.485 e. The summed E-state index contributed by atoms with van der Waals surface area (Å²) in [5, 5.41) is 3.70. The number of nitrogens with two attached hydrogens (primary N) is 1. The molecule has 5 nitrogen and oxygen atoms in total. The monoisotopic (exact) mass is 245 g/mol. The maximum Gasteiger partial charge on any atom is 0.213 e. The molecule has 0 bridgehead atoms. The van der Waals surface area contributed by atoms with Gasteiger partial charge in [-0.3, -0.25) is 0 Å². The van der Waals surface area contributed by atoms with Gasteiger partial charge in [-0.05, 0) is 42.5 Å².